The monoisotopic (exact) mass is 401 g/mol. The van der Waals surface area contributed by atoms with Crippen LogP contribution in [0.5, 0.6) is 0 Å². The lowest BCUT2D eigenvalue weighted by Gasteiger charge is -2.30. The van der Waals surface area contributed by atoms with E-state index in [1.807, 2.05) is 24.3 Å². The fraction of sp³-hybridized carbons (Fsp3) is 0.652. The number of unbranched alkanes of at least 4 members (excludes halogenated alkanes) is 1. The highest BCUT2D eigenvalue weighted by atomic mass is 16.2. The number of carbonyl (C=O) groups is 1. The van der Waals surface area contributed by atoms with Gasteiger partial charge in [0, 0.05) is 39.3 Å². The molecule has 1 saturated heterocycles. The number of likely N-dealkylation sites (tertiary alicyclic amines) is 1. The van der Waals surface area contributed by atoms with Gasteiger partial charge in [0.2, 0.25) is 0 Å². The molecular weight excluding hydrogens is 362 g/mol. The van der Waals surface area contributed by atoms with Gasteiger partial charge in [-0.05, 0) is 69.3 Å². The predicted molar refractivity (Wildman–Crippen MR) is 121 cm³/mol. The Kier molecular flexibility index (Phi) is 9.98. The van der Waals surface area contributed by atoms with Crippen LogP contribution < -0.4 is 10.6 Å². The van der Waals surface area contributed by atoms with Crippen LogP contribution in [-0.2, 0) is 6.54 Å². The van der Waals surface area contributed by atoms with Crippen molar-refractivity contribution < 1.29 is 4.79 Å². The lowest BCUT2D eigenvalue weighted by atomic mass is 10.0. The van der Waals surface area contributed by atoms with Crippen LogP contribution in [0, 0.1) is 5.92 Å². The van der Waals surface area contributed by atoms with Gasteiger partial charge in [0.05, 0.1) is 6.54 Å². The molecule has 6 heteroatoms. The molecule has 1 aromatic carbocycles. The number of guanidine groups is 1. The second kappa shape index (κ2) is 12.5. The highest BCUT2D eigenvalue weighted by molar-refractivity contribution is 5.93. The number of hydrogen-bond donors (Lipinski definition) is 2. The molecule has 0 saturated carbocycles. The first-order valence-corrected chi connectivity index (χ1v) is 11.0. The van der Waals surface area contributed by atoms with E-state index in [0.29, 0.717) is 12.1 Å². The molecule has 1 atom stereocenters. The van der Waals surface area contributed by atoms with E-state index in [9.17, 15) is 4.79 Å². The number of amides is 1. The summed E-state index contributed by atoms with van der Waals surface area (Å²) in [6.07, 6.45) is 5.10. The SMILES string of the molecule is CCNC(=NCc1ccc(C(=O)N(C)C)cc1)NCCCCN1CCCC(C)C1. The second-order valence-corrected chi connectivity index (χ2v) is 8.27. The normalized spacial score (nSPS) is 17.8. The van der Waals surface area contributed by atoms with Crippen molar-refractivity contribution in [3.05, 3.63) is 35.4 Å². The maximum absolute atomic E-state index is 12.0. The average Bonchev–Trinajstić information content (AvgIpc) is 2.71. The predicted octanol–water partition coefficient (Wildman–Crippen LogP) is 2.96. The van der Waals surface area contributed by atoms with Crippen molar-refractivity contribution in [2.75, 3.05) is 46.8 Å². The summed E-state index contributed by atoms with van der Waals surface area (Å²) in [4.78, 5) is 20.8. The van der Waals surface area contributed by atoms with Gasteiger partial charge in [-0.15, -0.1) is 0 Å². The Balaban J connectivity index is 1.73. The van der Waals surface area contributed by atoms with Gasteiger partial charge >= 0.3 is 0 Å². The van der Waals surface area contributed by atoms with Crippen LogP contribution in [0.2, 0.25) is 0 Å². The maximum Gasteiger partial charge on any atom is 0.253 e. The summed E-state index contributed by atoms with van der Waals surface area (Å²) in [7, 11) is 3.53. The molecule has 1 aliphatic heterocycles. The van der Waals surface area contributed by atoms with Crippen LogP contribution in [0.3, 0.4) is 0 Å². The highest BCUT2D eigenvalue weighted by Gasteiger charge is 2.15. The standard InChI is InChI=1S/C23H39N5O/c1-5-24-23(25-14-6-7-15-28-16-8-9-19(2)18-28)26-17-20-10-12-21(13-11-20)22(29)27(3)4/h10-13,19H,5-9,14-18H2,1-4H3,(H2,24,25,26). The molecule has 6 nitrogen and oxygen atoms in total. The summed E-state index contributed by atoms with van der Waals surface area (Å²) in [5, 5.41) is 6.75. The highest BCUT2D eigenvalue weighted by Crippen LogP contribution is 2.15. The van der Waals surface area contributed by atoms with Gasteiger partial charge in [0.15, 0.2) is 5.96 Å². The van der Waals surface area contributed by atoms with E-state index in [-0.39, 0.29) is 5.91 Å². The quantitative estimate of drug-likeness (QED) is 0.379. The summed E-state index contributed by atoms with van der Waals surface area (Å²) in [5.74, 6) is 1.73. The number of rotatable bonds is 9. The smallest absolute Gasteiger partial charge is 0.253 e. The maximum atomic E-state index is 12.0. The largest absolute Gasteiger partial charge is 0.357 e. The van der Waals surface area contributed by atoms with Gasteiger partial charge < -0.3 is 20.4 Å². The molecule has 2 N–H and O–H groups in total. The van der Waals surface area contributed by atoms with Gasteiger partial charge in [-0.1, -0.05) is 19.1 Å². The third-order valence-corrected chi connectivity index (χ3v) is 5.31. The summed E-state index contributed by atoms with van der Waals surface area (Å²) in [6.45, 7) is 10.5. The molecular formula is C23H39N5O. The number of aliphatic imine (C=N–C) groups is 1. The number of piperidine rings is 1. The van der Waals surface area contributed by atoms with E-state index in [1.165, 1.54) is 38.9 Å². The first kappa shape index (κ1) is 23.2. The number of carbonyl (C=O) groups excluding carboxylic acids is 1. The summed E-state index contributed by atoms with van der Waals surface area (Å²) in [6, 6.07) is 7.69. The number of nitrogens with one attached hydrogen (secondary N) is 2. The summed E-state index contributed by atoms with van der Waals surface area (Å²) < 4.78 is 0. The van der Waals surface area contributed by atoms with Crippen LogP contribution in [0.1, 0.15) is 55.5 Å². The van der Waals surface area contributed by atoms with Crippen LogP contribution in [-0.4, -0.2) is 68.5 Å². The minimum Gasteiger partial charge on any atom is -0.357 e. The van der Waals surface area contributed by atoms with Gasteiger partial charge in [-0.2, -0.15) is 0 Å². The van der Waals surface area contributed by atoms with E-state index < -0.39 is 0 Å². The molecule has 162 valence electrons. The van der Waals surface area contributed by atoms with Crippen LogP contribution in [0.25, 0.3) is 0 Å². The topological polar surface area (TPSA) is 60.0 Å². The molecule has 1 aliphatic rings. The van der Waals surface area contributed by atoms with Crippen LogP contribution in [0.15, 0.2) is 29.3 Å². The fourth-order valence-electron chi connectivity index (χ4n) is 3.68. The zero-order valence-corrected chi connectivity index (χ0v) is 18.7. The molecule has 2 rings (SSSR count). The molecule has 1 amide bonds. The fourth-order valence-corrected chi connectivity index (χ4v) is 3.68. The van der Waals surface area contributed by atoms with E-state index in [4.69, 9.17) is 0 Å². The molecule has 0 aromatic heterocycles. The van der Waals surface area contributed by atoms with Crippen molar-refractivity contribution >= 4 is 11.9 Å². The molecule has 29 heavy (non-hydrogen) atoms. The Labute approximate surface area is 176 Å². The average molecular weight is 402 g/mol. The molecule has 0 spiro atoms. The molecule has 0 aliphatic carbocycles. The van der Waals surface area contributed by atoms with E-state index in [0.717, 1.165) is 37.0 Å². The first-order chi connectivity index (χ1) is 14.0. The lowest BCUT2D eigenvalue weighted by Crippen LogP contribution is -2.38. The van der Waals surface area contributed by atoms with Crippen molar-refractivity contribution in [2.45, 2.75) is 46.1 Å². The Morgan fingerprint density at radius 1 is 1.21 bits per heavy atom. The number of nitrogens with zero attached hydrogens (tertiary/aromatic N) is 3. The number of benzene rings is 1. The lowest BCUT2D eigenvalue weighted by molar-refractivity contribution is 0.0827. The molecule has 0 radical (unpaired) electrons. The molecule has 1 aromatic rings. The van der Waals surface area contributed by atoms with Gasteiger partial charge in [0.1, 0.15) is 0 Å². The first-order valence-electron chi connectivity index (χ1n) is 11.0. The van der Waals surface area contributed by atoms with Gasteiger partial charge in [-0.25, -0.2) is 4.99 Å². The van der Waals surface area contributed by atoms with Crippen LogP contribution in [0.4, 0.5) is 0 Å². The van der Waals surface area contributed by atoms with Crippen molar-refractivity contribution in [3.8, 4) is 0 Å². The third-order valence-electron chi connectivity index (χ3n) is 5.31. The summed E-state index contributed by atoms with van der Waals surface area (Å²) in [5.41, 5.74) is 1.80. The van der Waals surface area contributed by atoms with Crippen molar-refractivity contribution in [1.82, 2.24) is 20.4 Å². The zero-order chi connectivity index (χ0) is 21.1. The third kappa shape index (κ3) is 8.44. The van der Waals surface area contributed by atoms with Crippen molar-refractivity contribution in [2.24, 2.45) is 10.9 Å². The minimum atomic E-state index is 0.0223. The molecule has 0 bridgehead atoms. The zero-order valence-electron chi connectivity index (χ0n) is 18.7. The van der Waals surface area contributed by atoms with Crippen molar-refractivity contribution in [1.29, 1.82) is 0 Å². The molecule has 1 fully saturated rings. The number of hydrogen-bond acceptors (Lipinski definition) is 3. The Morgan fingerprint density at radius 2 is 1.97 bits per heavy atom. The minimum absolute atomic E-state index is 0.0223. The van der Waals surface area contributed by atoms with E-state index in [1.54, 1.807) is 19.0 Å². The summed E-state index contributed by atoms with van der Waals surface area (Å²) >= 11 is 0. The molecule has 1 unspecified atom stereocenters. The Bertz CT molecular complexity index is 641. The van der Waals surface area contributed by atoms with Crippen molar-refractivity contribution in [3.63, 3.8) is 0 Å². The van der Waals surface area contributed by atoms with E-state index >= 15 is 0 Å². The van der Waals surface area contributed by atoms with Gasteiger partial charge in [0.25, 0.3) is 5.91 Å². The Morgan fingerprint density at radius 3 is 2.62 bits per heavy atom. The molecule has 1 heterocycles. The Hall–Kier alpha value is -2.08. The van der Waals surface area contributed by atoms with E-state index in [2.05, 4.69) is 34.4 Å². The van der Waals surface area contributed by atoms with Crippen LogP contribution >= 0.6 is 0 Å². The second-order valence-electron chi connectivity index (χ2n) is 8.27. The van der Waals surface area contributed by atoms with Gasteiger partial charge in [-0.3, -0.25) is 4.79 Å².